The van der Waals surface area contributed by atoms with Crippen LogP contribution < -0.4 is 5.32 Å². The molecule has 14 heavy (non-hydrogen) atoms. The lowest BCUT2D eigenvalue weighted by molar-refractivity contribution is 0.253. The van der Waals surface area contributed by atoms with Gasteiger partial charge in [-0.2, -0.15) is 0 Å². The zero-order chi connectivity index (χ0) is 9.86. The zero-order valence-electron chi connectivity index (χ0n) is 8.88. The fourth-order valence-corrected chi connectivity index (χ4v) is 2.38. The lowest BCUT2D eigenvalue weighted by Crippen LogP contribution is -2.40. The molecule has 1 aromatic heterocycles. The van der Waals surface area contributed by atoms with Crippen molar-refractivity contribution in [2.75, 3.05) is 6.54 Å². The molecule has 1 aliphatic rings. The molecule has 1 fully saturated rings. The van der Waals surface area contributed by atoms with Gasteiger partial charge < -0.3 is 9.73 Å². The van der Waals surface area contributed by atoms with E-state index in [0.29, 0.717) is 0 Å². The van der Waals surface area contributed by atoms with Crippen molar-refractivity contribution in [1.29, 1.82) is 0 Å². The first kappa shape index (κ1) is 9.78. The quantitative estimate of drug-likeness (QED) is 0.781. The average molecular weight is 193 g/mol. The van der Waals surface area contributed by atoms with Crippen LogP contribution in [0.2, 0.25) is 0 Å². The van der Waals surface area contributed by atoms with Crippen molar-refractivity contribution in [3.63, 3.8) is 0 Å². The molecule has 1 aromatic rings. The smallest absolute Gasteiger partial charge is 0.123 e. The van der Waals surface area contributed by atoms with Crippen LogP contribution >= 0.6 is 0 Å². The molecule has 1 N–H and O–H groups in total. The van der Waals surface area contributed by atoms with E-state index in [0.717, 1.165) is 18.7 Å². The Morgan fingerprint density at radius 2 is 2.36 bits per heavy atom. The second-order valence-electron chi connectivity index (χ2n) is 4.15. The Bertz CT molecular complexity index is 258. The van der Waals surface area contributed by atoms with Gasteiger partial charge in [0.05, 0.1) is 11.8 Å². The van der Waals surface area contributed by atoms with Crippen molar-refractivity contribution in [3.05, 3.63) is 24.2 Å². The summed E-state index contributed by atoms with van der Waals surface area (Å²) in [6.45, 7) is 3.36. The fraction of sp³-hybridized carbons (Fsp3) is 0.667. The Kier molecular flexibility index (Phi) is 2.92. The molecule has 0 spiro atoms. The molecule has 0 saturated carbocycles. The molecular formula is C12H19NO. The van der Waals surface area contributed by atoms with Crippen LogP contribution in [-0.4, -0.2) is 6.54 Å². The van der Waals surface area contributed by atoms with Gasteiger partial charge in [-0.05, 0) is 37.9 Å². The van der Waals surface area contributed by atoms with Gasteiger partial charge in [-0.3, -0.25) is 0 Å². The van der Waals surface area contributed by atoms with Crippen molar-refractivity contribution in [1.82, 2.24) is 5.32 Å². The summed E-state index contributed by atoms with van der Waals surface area (Å²) in [5.41, 5.74) is 0.111. The van der Waals surface area contributed by atoms with Crippen LogP contribution in [0.4, 0.5) is 0 Å². The second-order valence-corrected chi connectivity index (χ2v) is 4.15. The summed E-state index contributed by atoms with van der Waals surface area (Å²) in [5, 5.41) is 3.65. The summed E-state index contributed by atoms with van der Waals surface area (Å²) in [4.78, 5) is 0. The van der Waals surface area contributed by atoms with Crippen LogP contribution in [0.5, 0.6) is 0 Å². The lowest BCUT2D eigenvalue weighted by Gasteiger charge is -2.30. The van der Waals surface area contributed by atoms with Crippen molar-refractivity contribution in [2.45, 2.75) is 44.6 Å². The van der Waals surface area contributed by atoms with E-state index < -0.39 is 0 Å². The highest BCUT2D eigenvalue weighted by molar-refractivity contribution is 5.13. The first-order valence-electron chi connectivity index (χ1n) is 5.66. The topological polar surface area (TPSA) is 25.2 Å². The molecule has 78 valence electrons. The van der Waals surface area contributed by atoms with E-state index in [4.69, 9.17) is 4.42 Å². The maximum atomic E-state index is 5.56. The van der Waals surface area contributed by atoms with Crippen molar-refractivity contribution >= 4 is 0 Å². The summed E-state index contributed by atoms with van der Waals surface area (Å²) >= 11 is 0. The molecule has 0 radical (unpaired) electrons. The van der Waals surface area contributed by atoms with Crippen LogP contribution in [0.15, 0.2) is 22.8 Å². The Hall–Kier alpha value is -0.760. The van der Waals surface area contributed by atoms with Crippen molar-refractivity contribution < 1.29 is 4.42 Å². The second kappa shape index (κ2) is 4.18. The van der Waals surface area contributed by atoms with E-state index in [1.54, 1.807) is 6.26 Å². The largest absolute Gasteiger partial charge is 0.467 e. The summed E-state index contributed by atoms with van der Waals surface area (Å²) in [6.07, 6.45) is 8.04. The minimum Gasteiger partial charge on any atom is -0.467 e. The third kappa shape index (κ3) is 1.71. The van der Waals surface area contributed by atoms with Gasteiger partial charge in [0.1, 0.15) is 5.76 Å². The zero-order valence-corrected chi connectivity index (χ0v) is 8.88. The van der Waals surface area contributed by atoms with Crippen molar-refractivity contribution in [3.8, 4) is 0 Å². The third-order valence-electron chi connectivity index (χ3n) is 3.34. The maximum Gasteiger partial charge on any atom is 0.123 e. The minimum absolute atomic E-state index is 0.111. The molecule has 0 aromatic carbocycles. The molecule has 0 amide bonds. The van der Waals surface area contributed by atoms with E-state index in [1.165, 1.54) is 25.7 Å². The first-order valence-corrected chi connectivity index (χ1v) is 5.66. The summed E-state index contributed by atoms with van der Waals surface area (Å²) < 4.78 is 5.56. The predicted molar refractivity (Wildman–Crippen MR) is 57.1 cm³/mol. The highest BCUT2D eigenvalue weighted by Gasteiger charge is 2.32. The Morgan fingerprint density at radius 1 is 1.43 bits per heavy atom. The highest BCUT2D eigenvalue weighted by atomic mass is 16.3. The van der Waals surface area contributed by atoms with Gasteiger partial charge >= 0.3 is 0 Å². The summed E-state index contributed by atoms with van der Waals surface area (Å²) in [7, 11) is 0. The minimum atomic E-state index is 0.111. The Labute approximate surface area is 85.7 Å². The monoisotopic (exact) mass is 193 g/mol. The molecular weight excluding hydrogens is 174 g/mol. The van der Waals surface area contributed by atoms with E-state index >= 15 is 0 Å². The molecule has 1 atom stereocenters. The predicted octanol–water partition coefficient (Wildman–Crippen LogP) is 3.05. The molecule has 2 rings (SSSR count). The third-order valence-corrected chi connectivity index (χ3v) is 3.34. The van der Waals surface area contributed by atoms with Crippen LogP contribution in [-0.2, 0) is 5.54 Å². The number of hydrogen-bond donors (Lipinski definition) is 1. The van der Waals surface area contributed by atoms with Gasteiger partial charge in [-0.15, -0.1) is 0 Å². The molecule has 1 unspecified atom stereocenters. The molecule has 1 saturated heterocycles. The van der Waals surface area contributed by atoms with E-state index in [1.807, 2.05) is 6.07 Å². The van der Waals surface area contributed by atoms with Crippen LogP contribution in [0.3, 0.4) is 0 Å². The highest BCUT2D eigenvalue weighted by Crippen LogP contribution is 2.32. The Balaban J connectivity index is 2.23. The molecule has 0 bridgehead atoms. The van der Waals surface area contributed by atoms with Crippen LogP contribution in [0.1, 0.15) is 44.8 Å². The van der Waals surface area contributed by atoms with Gasteiger partial charge in [0.25, 0.3) is 0 Å². The van der Waals surface area contributed by atoms with Gasteiger partial charge in [-0.25, -0.2) is 0 Å². The number of nitrogens with one attached hydrogen (secondary N) is 1. The van der Waals surface area contributed by atoms with Crippen molar-refractivity contribution in [2.24, 2.45) is 0 Å². The van der Waals surface area contributed by atoms with Gasteiger partial charge in [0, 0.05) is 0 Å². The molecule has 2 heterocycles. The first-order chi connectivity index (χ1) is 6.87. The van der Waals surface area contributed by atoms with E-state index in [-0.39, 0.29) is 5.54 Å². The number of rotatable bonds is 2. The number of hydrogen-bond acceptors (Lipinski definition) is 2. The molecule has 2 heteroatoms. The van der Waals surface area contributed by atoms with E-state index in [2.05, 4.69) is 18.3 Å². The number of furan rings is 1. The van der Waals surface area contributed by atoms with Crippen LogP contribution in [0.25, 0.3) is 0 Å². The molecule has 1 aliphatic heterocycles. The molecule has 2 nitrogen and oxygen atoms in total. The standard InChI is InChI=1S/C12H19NO/c1-2-12(11-7-6-10-14-11)8-4-3-5-9-13-12/h6-7,10,13H,2-5,8-9H2,1H3. The SMILES string of the molecule is CCC1(c2ccco2)CCCCCN1. The average Bonchev–Trinajstić information content (AvgIpc) is 2.64. The Morgan fingerprint density at radius 3 is 3.07 bits per heavy atom. The van der Waals surface area contributed by atoms with Gasteiger partial charge in [-0.1, -0.05) is 19.8 Å². The summed E-state index contributed by atoms with van der Waals surface area (Å²) in [6, 6.07) is 4.08. The maximum absolute atomic E-state index is 5.56. The van der Waals surface area contributed by atoms with Gasteiger partial charge in [0.15, 0.2) is 0 Å². The lowest BCUT2D eigenvalue weighted by atomic mass is 9.88. The molecule has 0 aliphatic carbocycles. The summed E-state index contributed by atoms with van der Waals surface area (Å²) in [5.74, 6) is 1.11. The van der Waals surface area contributed by atoms with Crippen LogP contribution in [0, 0.1) is 0 Å². The van der Waals surface area contributed by atoms with Gasteiger partial charge in [0.2, 0.25) is 0 Å². The fourth-order valence-electron chi connectivity index (χ4n) is 2.38. The normalized spacial score (nSPS) is 28.6. The van der Waals surface area contributed by atoms with E-state index in [9.17, 15) is 0 Å².